The van der Waals surface area contributed by atoms with Crippen molar-refractivity contribution in [1.29, 1.82) is 0 Å². The zero-order valence-corrected chi connectivity index (χ0v) is 8.29. The van der Waals surface area contributed by atoms with E-state index in [0.717, 1.165) is 31.6 Å². The Labute approximate surface area is 80.0 Å². The van der Waals surface area contributed by atoms with Gasteiger partial charge in [-0.25, -0.2) is 0 Å². The lowest BCUT2D eigenvalue weighted by Gasteiger charge is -2.24. The maximum absolute atomic E-state index is 11.4. The molecule has 0 aromatic carbocycles. The molecule has 0 unspecified atom stereocenters. The molecule has 0 atom stereocenters. The minimum atomic E-state index is -0.0354. The molecule has 0 aromatic heterocycles. The van der Waals surface area contributed by atoms with Gasteiger partial charge in [-0.1, -0.05) is 19.6 Å². The fraction of sp³-hybridized carbons (Fsp3) is 0.727. The fourth-order valence-corrected chi connectivity index (χ4v) is 1.75. The normalized spacial score (nSPS) is 28.1. The topological polar surface area (TPSA) is 26.3 Å². The molecule has 1 saturated carbocycles. The van der Waals surface area contributed by atoms with Crippen molar-refractivity contribution in [2.45, 2.75) is 32.6 Å². The van der Waals surface area contributed by atoms with E-state index in [1.165, 1.54) is 0 Å². The molecule has 0 bridgehead atoms. The van der Waals surface area contributed by atoms with Crippen LogP contribution in [0.2, 0.25) is 0 Å². The molecule has 0 spiro atoms. The van der Waals surface area contributed by atoms with Crippen molar-refractivity contribution in [3.05, 3.63) is 12.7 Å². The van der Waals surface area contributed by atoms with Crippen molar-refractivity contribution >= 4 is 5.97 Å². The van der Waals surface area contributed by atoms with Crippen LogP contribution in [-0.2, 0) is 9.53 Å². The number of carbonyl (C=O) groups is 1. The van der Waals surface area contributed by atoms with Crippen molar-refractivity contribution in [3.63, 3.8) is 0 Å². The van der Waals surface area contributed by atoms with Crippen LogP contribution in [0, 0.1) is 11.8 Å². The van der Waals surface area contributed by atoms with Crippen LogP contribution in [0.25, 0.3) is 0 Å². The van der Waals surface area contributed by atoms with E-state index in [2.05, 4.69) is 13.5 Å². The number of hydrogen-bond donors (Lipinski definition) is 0. The van der Waals surface area contributed by atoms with Gasteiger partial charge in [-0.3, -0.25) is 4.79 Å². The Bertz CT molecular complexity index is 179. The van der Waals surface area contributed by atoms with Crippen LogP contribution in [0.1, 0.15) is 32.6 Å². The van der Waals surface area contributed by atoms with Crippen LogP contribution < -0.4 is 0 Å². The standard InChI is InChI=1S/C11H18O2/c1-3-8-13-11(12)10-6-4-9(2)5-7-10/h3,9-10H,1,4-8H2,2H3. The van der Waals surface area contributed by atoms with Crippen LogP contribution in [0.3, 0.4) is 0 Å². The molecule has 0 heterocycles. The molecular formula is C11H18O2. The van der Waals surface area contributed by atoms with Crippen LogP contribution in [0.5, 0.6) is 0 Å². The number of rotatable bonds is 3. The van der Waals surface area contributed by atoms with E-state index < -0.39 is 0 Å². The third-order valence-electron chi connectivity index (χ3n) is 2.69. The molecule has 74 valence electrons. The summed E-state index contributed by atoms with van der Waals surface area (Å²) in [5.41, 5.74) is 0. The van der Waals surface area contributed by atoms with Gasteiger partial charge in [0.25, 0.3) is 0 Å². The Morgan fingerprint density at radius 2 is 2.08 bits per heavy atom. The molecule has 13 heavy (non-hydrogen) atoms. The van der Waals surface area contributed by atoms with Crippen LogP contribution in [0.4, 0.5) is 0 Å². The van der Waals surface area contributed by atoms with Crippen molar-refractivity contribution in [2.75, 3.05) is 6.61 Å². The molecule has 0 N–H and O–H groups in total. The second-order valence-electron chi connectivity index (χ2n) is 3.88. The second-order valence-corrected chi connectivity index (χ2v) is 3.88. The molecule has 0 saturated heterocycles. The van der Waals surface area contributed by atoms with Gasteiger partial charge in [0.15, 0.2) is 0 Å². The Balaban J connectivity index is 2.27. The second kappa shape index (κ2) is 5.05. The van der Waals surface area contributed by atoms with Crippen LogP contribution in [0.15, 0.2) is 12.7 Å². The molecule has 1 fully saturated rings. The summed E-state index contributed by atoms with van der Waals surface area (Å²) in [6.45, 7) is 6.11. The average molecular weight is 182 g/mol. The van der Waals surface area contributed by atoms with Crippen molar-refractivity contribution < 1.29 is 9.53 Å². The molecule has 0 aromatic rings. The van der Waals surface area contributed by atoms with E-state index in [-0.39, 0.29) is 11.9 Å². The maximum atomic E-state index is 11.4. The van der Waals surface area contributed by atoms with Gasteiger partial charge in [0.1, 0.15) is 6.61 Å². The van der Waals surface area contributed by atoms with Gasteiger partial charge in [-0.05, 0) is 31.6 Å². The third-order valence-corrected chi connectivity index (χ3v) is 2.69. The summed E-state index contributed by atoms with van der Waals surface area (Å²) in [4.78, 5) is 11.4. The maximum Gasteiger partial charge on any atom is 0.309 e. The molecule has 0 amide bonds. The smallest absolute Gasteiger partial charge is 0.309 e. The van der Waals surface area contributed by atoms with Crippen molar-refractivity contribution in [1.82, 2.24) is 0 Å². The van der Waals surface area contributed by atoms with Gasteiger partial charge in [-0.15, -0.1) is 0 Å². The largest absolute Gasteiger partial charge is 0.461 e. The first-order valence-corrected chi connectivity index (χ1v) is 5.01. The molecule has 1 aliphatic rings. The summed E-state index contributed by atoms with van der Waals surface area (Å²) in [6.07, 6.45) is 5.93. The summed E-state index contributed by atoms with van der Waals surface area (Å²) < 4.78 is 5.01. The van der Waals surface area contributed by atoms with E-state index in [0.29, 0.717) is 6.61 Å². The van der Waals surface area contributed by atoms with Crippen molar-refractivity contribution in [2.24, 2.45) is 11.8 Å². The zero-order chi connectivity index (χ0) is 9.68. The van der Waals surface area contributed by atoms with Crippen LogP contribution >= 0.6 is 0 Å². The van der Waals surface area contributed by atoms with E-state index >= 15 is 0 Å². The summed E-state index contributed by atoms with van der Waals surface area (Å²) in [5, 5.41) is 0. The lowest BCUT2D eigenvalue weighted by molar-refractivity contribution is -0.148. The number of hydrogen-bond acceptors (Lipinski definition) is 2. The summed E-state index contributed by atoms with van der Waals surface area (Å²) in [5.74, 6) is 0.895. The number of carbonyl (C=O) groups excluding carboxylic acids is 1. The molecule has 2 heteroatoms. The average Bonchev–Trinajstić information content (AvgIpc) is 2.15. The monoisotopic (exact) mass is 182 g/mol. The highest BCUT2D eigenvalue weighted by Gasteiger charge is 2.24. The molecule has 2 nitrogen and oxygen atoms in total. The molecule has 1 rings (SSSR count). The Kier molecular flexibility index (Phi) is 4.00. The quantitative estimate of drug-likeness (QED) is 0.495. The summed E-state index contributed by atoms with van der Waals surface area (Å²) in [7, 11) is 0. The molecule has 1 aliphatic carbocycles. The lowest BCUT2D eigenvalue weighted by Crippen LogP contribution is -2.22. The highest BCUT2D eigenvalue weighted by atomic mass is 16.5. The van der Waals surface area contributed by atoms with E-state index in [1.54, 1.807) is 6.08 Å². The van der Waals surface area contributed by atoms with Gasteiger partial charge in [0.2, 0.25) is 0 Å². The van der Waals surface area contributed by atoms with Gasteiger partial charge in [-0.2, -0.15) is 0 Å². The third kappa shape index (κ3) is 3.21. The first-order chi connectivity index (χ1) is 6.24. The number of esters is 1. The molecular weight excluding hydrogens is 164 g/mol. The van der Waals surface area contributed by atoms with Gasteiger partial charge >= 0.3 is 5.97 Å². The molecule has 0 aliphatic heterocycles. The number of ether oxygens (including phenoxy) is 1. The Morgan fingerprint density at radius 1 is 1.46 bits per heavy atom. The Morgan fingerprint density at radius 3 is 2.62 bits per heavy atom. The molecule has 0 radical (unpaired) electrons. The van der Waals surface area contributed by atoms with Crippen LogP contribution in [-0.4, -0.2) is 12.6 Å². The fourth-order valence-electron chi connectivity index (χ4n) is 1.75. The summed E-state index contributed by atoms with van der Waals surface area (Å²) >= 11 is 0. The first-order valence-electron chi connectivity index (χ1n) is 5.01. The van der Waals surface area contributed by atoms with E-state index in [4.69, 9.17) is 4.74 Å². The van der Waals surface area contributed by atoms with Gasteiger partial charge in [0, 0.05) is 0 Å². The van der Waals surface area contributed by atoms with Gasteiger partial charge < -0.3 is 4.74 Å². The zero-order valence-electron chi connectivity index (χ0n) is 8.29. The lowest BCUT2D eigenvalue weighted by atomic mass is 9.83. The minimum absolute atomic E-state index is 0.0354. The van der Waals surface area contributed by atoms with E-state index in [9.17, 15) is 4.79 Å². The predicted octanol–water partition coefficient (Wildman–Crippen LogP) is 2.54. The SMILES string of the molecule is C=CCOC(=O)C1CCC(C)CC1. The highest BCUT2D eigenvalue weighted by Crippen LogP contribution is 2.28. The minimum Gasteiger partial charge on any atom is -0.461 e. The van der Waals surface area contributed by atoms with Gasteiger partial charge in [0.05, 0.1) is 5.92 Å². The first kappa shape index (κ1) is 10.3. The predicted molar refractivity (Wildman–Crippen MR) is 52.3 cm³/mol. The highest BCUT2D eigenvalue weighted by molar-refractivity contribution is 5.72. The van der Waals surface area contributed by atoms with Crippen molar-refractivity contribution in [3.8, 4) is 0 Å². The Hall–Kier alpha value is -0.790. The summed E-state index contributed by atoms with van der Waals surface area (Å²) in [6, 6.07) is 0. The van der Waals surface area contributed by atoms with E-state index in [1.807, 2.05) is 0 Å².